The number of benzene rings is 4. The Bertz CT molecular complexity index is 2350. The normalized spacial score (nSPS) is 11.1. The van der Waals surface area contributed by atoms with E-state index in [9.17, 15) is 24.0 Å². The number of furan rings is 1. The summed E-state index contributed by atoms with van der Waals surface area (Å²) in [6.45, 7) is 1.72. The second-order valence-corrected chi connectivity index (χ2v) is 13.1. The molecule has 0 spiro atoms. The molecule has 0 atom stereocenters. The lowest BCUT2D eigenvalue weighted by Gasteiger charge is -2.07. The second kappa shape index (κ2) is 16.2. The van der Waals surface area contributed by atoms with Gasteiger partial charge in [-0.2, -0.15) is 0 Å². The number of halogens is 1. The second-order valence-electron chi connectivity index (χ2n) is 11.6. The number of hydrogen-bond donors (Lipinski definition) is 3. The molecule has 2 heterocycles. The van der Waals surface area contributed by atoms with E-state index in [0.29, 0.717) is 50.0 Å². The van der Waals surface area contributed by atoms with Gasteiger partial charge >= 0.3 is 17.9 Å². The number of thiophene rings is 1. The van der Waals surface area contributed by atoms with Gasteiger partial charge in [0.25, 0.3) is 11.8 Å². The van der Waals surface area contributed by atoms with E-state index in [0.717, 1.165) is 16.9 Å². The summed E-state index contributed by atoms with van der Waals surface area (Å²) in [5, 5.41) is 14.6. The van der Waals surface area contributed by atoms with Crippen molar-refractivity contribution in [3.8, 4) is 22.5 Å². The minimum atomic E-state index is -1.27. The molecule has 0 aliphatic heterocycles. The van der Waals surface area contributed by atoms with Crippen LogP contribution in [0.25, 0.3) is 28.5 Å². The van der Waals surface area contributed by atoms with Crippen molar-refractivity contribution in [3.63, 3.8) is 0 Å². The Labute approximate surface area is 312 Å². The Morgan fingerprint density at radius 3 is 2.08 bits per heavy atom. The number of nitrogens with one attached hydrogen (secondary N) is 2. The number of hydrogen-bond acceptors (Lipinski definition) is 8. The van der Waals surface area contributed by atoms with Crippen LogP contribution in [-0.2, 0) is 20.7 Å². The number of carboxylic acids is 1. The lowest BCUT2D eigenvalue weighted by Crippen LogP contribution is -2.15. The van der Waals surface area contributed by atoms with Crippen LogP contribution in [0.5, 0.6) is 0 Å². The van der Waals surface area contributed by atoms with Crippen LogP contribution in [-0.4, -0.2) is 34.8 Å². The molecule has 0 fully saturated rings. The number of ether oxygens (including phenoxy) is 1. The minimum Gasteiger partial charge on any atom is -0.477 e. The first-order valence-electron chi connectivity index (χ1n) is 16.1. The van der Waals surface area contributed by atoms with Crippen LogP contribution in [0.15, 0.2) is 131 Å². The highest BCUT2D eigenvalue weighted by molar-refractivity contribution is 7.18. The van der Waals surface area contributed by atoms with E-state index in [1.807, 2.05) is 36.4 Å². The molecular formula is C41H29ClN2O8S. The van der Waals surface area contributed by atoms with Crippen LogP contribution in [0.2, 0.25) is 0 Å². The van der Waals surface area contributed by atoms with Crippen molar-refractivity contribution in [1.82, 2.24) is 0 Å². The topological polar surface area (TPSA) is 152 Å². The number of amides is 2. The van der Waals surface area contributed by atoms with Gasteiger partial charge in [-0.1, -0.05) is 96.5 Å². The molecule has 0 bridgehead atoms. The zero-order chi connectivity index (χ0) is 37.5. The average Bonchev–Trinajstić information content (AvgIpc) is 3.77. The summed E-state index contributed by atoms with van der Waals surface area (Å²) >= 11 is 6.65. The number of esters is 2. The predicted octanol–water partition coefficient (Wildman–Crippen LogP) is 9.08. The highest BCUT2D eigenvalue weighted by atomic mass is 35.5. The minimum absolute atomic E-state index is 0.117. The van der Waals surface area contributed by atoms with Gasteiger partial charge in [-0.05, 0) is 66.1 Å². The average molecular weight is 745 g/mol. The number of aliphatic carboxylic acids is 1. The summed E-state index contributed by atoms with van der Waals surface area (Å²) < 4.78 is 11.1. The van der Waals surface area contributed by atoms with Crippen molar-refractivity contribution < 1.29 is 38.2 Å². The number of carbonyl (C=O) groups excluding carboxylic acids is 4. The molecule has 53 heavy (non-hydrogen) atoms. The van der Waals surface area contributed by atoms with E-state index in [1.165, 1.54) is 18.2 Å². The summed E-state index contributed by atoms with van der Waals surface area (Å²) in [6, 6.07) is 34.5. The van der Waals surface area contributed by atoms with Crippen molar-refractivity contribution in [2.45, 2.75) is 13.3 Å². The lowest BCUT2D eigenvalue weighted by molar-refractivity contribution is -0.137. The molecule has 264 valence electrons. The van der Waals surface area contributed by atoms with Crippen molar-refractivity contribution in [3.05, 3.63) is 159 Å². The summed E-state index contributed by atoms with van der Waals surface area (Å²) in [5.74, 6) is -2.69. The molecule has 3 N–H and O–H groups in total. The molecular weight excluding hydrogens is 716 g/mol. The van der Waals surface area contributed by atoms with Crippen molar-refractivity contribution >= 4 is 69.4 Å². The van der Waals surface area contributed by atoms with Gasteiger partial charge in [-0.3, -0.25) is 14.4 Å². The Hall–Kier alpha value is -6.56. The van der Waals surface area contributed by atoms with Gasteiger partial charge in [0.1, 0.15) is 21.4 Å². The fourth-order valence-corrected chi connectivity index (χ4v) is 6.35. The summed E-state index contributed by atoms with van der Waals surface area (Å²) in [5.41, 5.74) is 4.22. The van der Waals surface area contributed by atoms with Gasteiger partial charge in [-0.15, -0.1) is 11.3 Å². The molecule has 2 amide bonds. The monoisotopic (exact) mass is 744 g/mol. The van der Waals surface area contributed by atoms with Crippen LogP contribution in [0.1, 0.15) is 47.3 Å². The molecule has 4 aromatic carbocycles. The molecule has 2 aromatic heterocycles. The van der Waals surface area contributed by atoms with Crippen molar-refractivity contribution in [2.24, 2.45) is 0 Å². The molecule has 6 rings (SSSR count). The Morgan fingerprint density at radius 2 is 1.43 bits per heavy atom. The number of aryl methyl sites for hydroxylation is 1. The van der Waals surface area contributed by atoms with Crippen LogP contribution < -0.4 is 10.6 Å². The van der Waals surface area contributed by atoms with Gasteiger partial charge in [0.15, 0.2) is 0 Å². The van der Waals surface area contributed by atoms with Crippen molar-refractivity contribution in [1.29, 1.82) is 0 Å². The van der Waals surface area contributed by atoms with Crippen LogP contribution in [0, 0.1) is 6.92 Å². The number of carbonyl (C=O) groups is 5. The Balaban J connectivity index is 1.10. The third-order valence-electron chi connectivity index (χ3n) is 7.90. The number of rotatable bonds is 11. The van der Waals surface area contributed by atoms with E-state index in [4.69, 9.17) is 25.9 Å². The molecule has 12 heteroatoms. The smallest absolute Gasteiger partial charge is 0.356 e. The van der Waals surface area contributed by atoms with Gasteiger partial charge in [0.2, 0.25) is 0 Å². The Kier molecular flexibility index (Phi) is 11.1. The van der Waals surface area contributed by atoms with Crippen molar-refractivity contribution in [2.75, 3.05) is 10.6 Å². The number of carboxylic acid groups (broad SMARTS) is 1. The van der Waals surface area contributed by atoms with Crippen LogP contribution >= 0.6 is 22.9 Å². The fourth-order valence-electron chi connectivity index (χ4n) is 5.27. The maximum absolute atomic E-state index is 13.4. The van der Waals surface area contributed by atoms with E-state index >= 15 is 0 Å². The van der Waals surface area contributed by atoms with E-state index in [1.54, 1.807) is 79.7 Å². The van der Waals surface area contributed by atoms with Crippen LogP contribution in [0.3, 0.4) is 0 Å². The quantitative estimate of drug-likeness (QED) is 0.0675. The SMILES string of the molecule is Cc1oc(-c2ccccc2)cc1C(=O)Nc1ccc(CC(=O)OC(=O)c2sc(NC(=O)c3ccc(/C=C(\Cl)C(=O)O)cc3)cc2-c2ccccc2)cc1. The molecule has 0 saturated heterocycles. The van der Waals surface area contributed by atoms with Crippen LogP contribution in [0.4, 0.5) is 10.7 Å². The molecule has 10 nitrogen and oxygen atoms in total. The molecule has 0 aliphatic carbocycles. The van der Waals surface area contributed by atoms with Gasteiger partial charge < -0.3 is 24.9 Å². The largest absolute Gasteiger partial charge is 0.477 e. The molecule has 0 radical (unpaired) electrons. The summed E-state index contributed by atoms with van der Waals surface area (Å²) in [4.78, 5) is 63.4. The molecule has 0 unspecified atom stereocenters. The molecule has 0 saturated carbocycles. The maximum atomic E-state index is 13.4. The first kappa shape index (κ1) is 36.2. The van der Waals surface area contributed by atoms with Gasteiger partial charge in [0.05, 0.1) is 17.0 Å². The fraction of sp³-hybridized carbons (Fsp3) is 0.0488. The molecule has 0 aliphatic rings. The zero-order valence-corrected chi connectivity index (χ0v) is 29.5. The summed E-state index contributed by atoms with van der Waals surface area (Å²) in [7, 11) is 0. The van der Waals surface area contributed by atoms with E-state index in [2.05, 4.69) is 10.6 Å². The van der Waals surface area contributed by atoms with E-state index in [-0.39, 0.29) is 27.8 Å². The number of anilines is 2. The first-order chi connectivity index (χ1) is 25.5. The third-order valence-corrected chi connectivity index (χ3v) is 9.20. The first-order valence-corrected chi connectivity index (χ1v) is 17.3. The lowest BCUT2D eigenvalue weighted by atomic mass is 10.1. The molecule has 6 aromatic rings. The zero-order valence-electron chi connectivity index (χ0n) is 27.9. The summed E-state index contributed by atoms with van der Waals surface area (Å²) in [6.07, 6.45) is 1.05. The standard InChI is InChI=1S/C41H29ClN2O8S/c1-24-31(22-34(51-24)28-10-6-3-7-11-28)39(47)43-30-18-14-26(15-19-30)21-36(45)52-41(50)37-32(27-8-4-2-5-9-27)23-35(53-37)44-38(46)29-16-12-25(13-17-29)20-33(42)40(48)49/h2-20,22-23H,21H2,1H3,(H,43,47)(H,44,46)(H,48,49)/b33-20-. The van der Waals surface area contributed by atoms with Gasteiger partial charge in [0, 0.05) is 22.4 Å². The Morgan fingerprint density at radius 1 is 0.792 bits per heavy atom. The predicted molar refractivity (Wildman–Crippen MR) is 203 cm³/mol. The maximum Gasteiger partial charge on any atom is 0.356 e. The van der Waals surface area contributed by atoms with Gasteiger partial charge in [-0.25, -0.2) is 9.59 Å². The van der Waals surface area contributed by atoms with E-state index < -0.39 is 23.8 Å². The third kappa shape index (κ3) is 9.03. The highest BCUT2D eigenvalue weighted by Gasteiger charge is 2.23. The highest BCUT2D eigenvalue weighted by Crippen LogP contribution is 2.36.